The van der Waals surface area contributed by atoms with Gasteiger partial charge in [-0.15, -0.1) is 12.4 Å². The van der Waals surface area contributed by atoms with Gasteiger partial charge in [0, 0.05) is 55.8 Å². The number of carbonyl (C=O) groups is 3. The maximum atomic E-state index is 13.0. The second kappa shape index (κ2) is 12.0. The number of aryl methyl sites for hydroxylation is 1. The summed E-state index contributed by atoms with van der Waals surface area (Å²) in [5, 5.41) is 2.85. The Morgan fingerprint density at radius 3 is 2.34 bits per heavy atom. The molecule has 0 aliphatic carbocycles. The number of Topliss-reactive ketones (excluding diaryl/α,β-unsaturated/α-hetero) is 1. The van der Waals surface area contributed by atoms with Crippen LogP contribution < -0.4 is 14.8 Å². The molecule has 2 heterocycles. The van der Waals surface area contributed by atoms with Crippen LogP contribution in [0.5, 0.6) is 11.5 Å². The molecule has 2 aromatic rings. The number of halogens is 1. The Morgan fingerprint density at radius 1 is 0.914 bits per heavy atom. The highest BCUT2D eigenvalue weighted by atomic mass is 35.5. The number of methoxy groups -OCH3 is 2. The summed E-state index contributed by atoms with van der Waals surface area (Å²) in [6, 6.07) is 10.8. The number of ether oxygens (including phenoxy) is 2. The summed E-state index contributed by atoms with van der Waals surface area (Å²) < 4.78 is 10.5. The first kappa shape index (κ1) is 26.5. The van der Waals surface area contributed by atoms with E-state index in [0.29, 0.717) is 55.0 Å². The highest BCUT2D eigenvalue weighted by Crippen LogP contribution is 2.28. The molecule has 2 amide bonds. The molecule has 8 nitrogen and oxygen atoms in total. The monoisotopic (exact) mass is 501 g/mol. The van der Waals surface area contributed by atoms with Crippen LogP contribution in [-0.2, 0) is 11.2 Å². The van der Waals surface area contributed by atoms with Gasteiger partial charge in [0.1, 0.15) is 0 Å². The second-order valence-corrected chi connectivity index (χ2v) is 8.65. The lowest BCUT2D eigenvalue weighted by Crippen LogP contribution is -2.48. The zero-order valence-electron chi connectivity index (χ0n) is 20.2. The Labute approximate surface area is 212 Å². The van der Waals surface area contributed by atoms with Gasteiger partial charge >= 0.3 is 0 Å². The molecule has 0 bridgehead atoms. The molecule has 2 aliphatic heterocycles. The third-order valence-electron chi connectivity index (χ3n) is 6.49. The van der Waals surface area contributed by atoms with Gasteiger partial charge in [0.2, 0.25) is 5.91 Å². The van der Waals surface area contributed by atoms with Gasteiger partial charge in [-0.3, -0.25) is 19.3 Å². The average molecular weight is 502 g/mol. The van der Waals surface area contributed by atoms with Crippen LogP contribution in [0.3, 0.4) is 0 Å². The minimum atomic E-state index is 0. The molecule has 0 atom stereocenters. The number of ketones is 1. The summed E-state index contributed by atoms with van der Waals surface area (Å²) in [6.45, 7) is 3.72. The first-order valence-corrected chi connectivity index (χ1v) is 11.7. The van der Waals surface area contributed by atoms with Crippen molar-refractivity contribution in [2.75, 3.05) is 52.3 Å². The number of hydrogen-bond acceptors (Lipinski definition) is 6. The SMILES string of the molecule is COc1ccc(C(=O)CCCN2CCN(C(=O)c3ccc4c(c3)CCC(=O)N4)CC2)cc1OC.Cl. The summed E-state index contributed by atoms with van der Waals surface area (Å²) in [5.74, 6) is 1.29. The fraction of sp³-hybridized carbons (Fsp3) is 0.423. The average Bonchev–Trinajstić information content (AvgIpc) is 2.87. The van der Waals surface area contributed by atoms with Gasteiger partial charge in [-0.1, -0.05) is 0 Å². The largest absolute Gasteiger partial charge is 0.493 e. The number of carbonyl (C=O) groups excluding carboxylic acids is 3. The minimum Gasteiger partial charge on any atom is -0.493 e. The summed E-state index contributed by atoms with van der Waals surface area (Å²) in [4.78, 5) is 41.3. The predicted octanol–water partition coefficient (Wildman–Crippen LogP) is 3.43. The van der Waals surface area contributed by atoms with Crippen molar-refractivity contribution in [2.45, 2.75) is 25.7 Å². The maximum Gasteiger partial charge on any atom is 0.253 e. The van der Waals surface area contributed by atoms with E-state index >= 15 is 0 Å². The third-order valence-corrected chi connectivity index (χ3v) is 6.49. The number of amides is 2. The number of piperazine rings is 1. The fourth-order valence-corrected chi connectivity index (χ4v) is 4.49. The smallest absolute Gasteiger partial charge is 0.253 e. The molecule has 9 heteroatoms. The summed E-state index contributed by atoms with van der Waals surface area (Å²) in [6.07, 6.45) is 2.34. The van der Waals surface area contributed by atoms with Crippen molar-refractivity contribution in [3.8, 4) is 11.5 Å². The van der Waals surface area contributed by atoms with Gasteiger partial charge in [0.15, 0.2) is 17.3 Å². The Morgan fingerprint density at radius 2 is 1.63 bits per heavy atom. The van der Waals surface area contributed by atoms with E-state index < -0.39 is 0 Å². The van der Waals surface area contributed by atoms with Crippen LogP contribution in [0.15, 0.2) is 36.4 Å². The van der Waals surface area contributed by atoms with Crippen molar-refractivity contribution in [1.82, 2.24) is 9.80 Å². The Hall–Kier alpha value is -3.10. The first-order chi connectivity index (χ1) is 16.5. The molecule has 0 unspecified atom stereocenters. The highest BCUT2D eigenvalue weighted by Gasteiger charge is 2.24. The second-order valence-electron chi connectivity index (χ2n) is 8.65. The standard InChI is InChI=1S/C26H31N3O5.ClH/c1-33-23-9-6-19(17-24(23)34-2)22(30)4-3-11-28-12-14-29(15-13-28)26(32)20-5-8-21-18(16-20)7-10-25(31)27-21;/h5-6,8-9,16-17H,3-4,7,10-15H2,1-2H3,(H,27,31);1H. The van der Waals surface area contributed by atoms with E-state index in [1.807, 2.05) is 17.0 Å². The normalized spacial score (nSPS) is 15.5. The van der Waals surface area contributed by atoms with Gasteiger partial charge in [-0.2, -0.15) is 0 Å². The molecule has 1 N–H and O–H groups in total. The number of nitrogens with one attached hydrogen (secondary N) is 1. The van der Waals surface area contributed by atoms with E-state index in [1.165, 1.54) is 0 Å². The van der Waals surface area contributed by atoms with E-state index in [-0.39, 0.29) is 30.0 Å². The van der Waals surface area contributed by atoms with Gasteiger partial charge in [0.25, 0.3) is 5.91 Å². The molecule has 2 aromatic carbocycles. The molecule has 0 radical (unpaired) electrons. The zero-order valence-corrected chi connectivity index (χ0v) is 21.0. The molecular formula is C26H32ClN3O5. The van der Waals surface area contributed by atoms with Gasteiger partial charge in [-0.25, -0.2) is 0 Å². The van der Waals surface area contributed by atoms with Crippen LogP contribution in [0.1, 0.15) is 45.5 Å². The molecule has 1 fully saturated rings. The first-order valence-electron chi connectivity index (χ1n) is 11.7. The number of rotatable bonds is 8. The number of benzene rings is 2. The Balaban J connectivity index is 0.00000342. The van der Waals surface area contributed by atoms with Crippen LogP contribution in [0, 0.1) is 0 Å². The quantitative estimate of drug-likeness (QED) is 0.557. The Bertz CT molecular complexity index is 1080. The van der Waals surface area contributed by atoms with Crippen molar-refractivity contribution in [2.24, 2.45) is 0 Å². The van der Waals surface area contributed by atoms with Crippen LogP contribution in [0.2, 0.25) is 0 Å². The number of fused-ring (bicyclic) bond motifs is 1. The Kier molecular flexibility index (Phi) is 9.12. The lowest BCUT2D eigenvalue weighted by molar-refractivity contribution is -0.116. The molecule has 0 saturated carbocycles. The lowest BCUT2D eigenvalue weighted by atomic mass is 10.00. The van der Waals surface area contributed by atoms with E-state index in [9.17, 15) is 14.4 Å². The van der Waals surface area contributed by atoms with Crippen molar-refractivity contribution in [3.05, 3.63) is 53.1 Å². The molecule has 0 spiro atoms. The van der Waals surface area contributed by atoms with Crippen molar-refractivity contribution in [1.29, 1.82) is 0 Å². The number of anilines is 1. The van der Waals surface area contributed by atoms with Gasteiger partial charge < -0.3 is 19.7 Å². The predicted molar refractivity (Wildman–Crippen MR) is 136 cm³/mol. The molecule has 4 rings (SSSR count). The fourth-order valence-electron chi connectivity index (χ4n) is 4.49. The summed E-state index contributed by atoms with van der Waals surface area (Å²) in [7, 11) is 3.13. The maximum absolute atomic E-state index is 13.0. The summed E-state index contributed by atoms with van der Waals surface area (Å²) in [5.41, 5.74) is 3.12. The number of hydrogen-bond donors (Lipinski definition) is 1. The van der Waals surface area contributed by atoms with Crippen molar-refractivity contribution >= 4 is 35.7 Å². The lowest BCUT2D eigenvalue weighted by Gasteiger charge is -2.35. The van der Waals surface area contributed by atoms with E-state index in [2.05, 4.69) is 10.2 Å². The molecule has 1 saturated heterocycles. The van der Waals surface area contributed by atoms with Gasteiger partial charge in [0.05, 0.1) is 14.2 Å². The topological polar surface area (TPSA) is 88.2 Å². The third kappa shape index (κ3) is 6.32. The molecule has 188 valence electrons. The van der Waals surface area contributed by atoms with E-state index in [0.717, 1.165) is 37.3 Å². The van der Waals surface area contributed by atoms with Crippen LogP contribution in [0.25, 0.3) is 0 Å². The van der Waals surface area contributed by atoms with Crippen LogP contribution >= 0.6 is 12.4 Å². The zero-order chi connectivity index (χ0) is 24.1. The minimum absolute atomic E-state index is 0. The molecule has 0 aromatic heterocycles. The van der Waals surface area contributed by atoms with Crippen molar-refractivity contribution < 1.29 is 23.9 Å². The highest BCUT2D eigenvalue weighted by molar-refractivity contribution is 5.98. The van der Waals surface area contributed by atoms with E-state index in [1.54, 1.807) is 38.5 Å². The molecule has 2 aliphatic rings. The summed E-state index contributed by atoms with van der Waals surface area (Å²) >= 11 is 0. The molecular weight excluding hydrogens is 470 g/mol. The van der Waals surface area contributed by atoms with E-state index in [4.69, 9.17) is 9.47 Å². The van der Waals surface area contributed by atoms with Crippen LogP contribution in [0.4, 0.5) is 5.69 Å². The number of nitrogens with zero attached hydrogens (tertiary/aromatic N) is 2. The van der Waals surface area contributed by atoms with Crippen molar-refractivity contribution in [3.63, 3.8) is 0 Å². The van der Waals surface area contributed by atoms with Crippen LogP contribution in [-0.4, -0.2) is 74.3 Å². The molecule has 35 heavy (non-hydrogen) atoms. The van der Waals surface area contributed by atoms with Gasteiger partial charge in [-0.05, 0) is 61.3 Å².